The SMILES string of the molecule is CS(=O)(=O)c1ccc(Sc2c(F)cc(CO)cc2F)cc1. The third-order valence-corrected chi connectivity index (χ3v) is 4.94. The molecule has 0 bridgehead atoms. The fourth-order valence-corrected chi connectivity index (χ4v) is 3.13. The van der Waals surface area contributed by atoms with E-state index in [1.54, 1.807) is 0 Å². The summed E-state index contributed by atoms with van der Waals surface area (Å²) in [5, 5.41) is 8.88. The van der Waals surface area contributed by atoms with Crippen molar-refractivity contribution < 1.29 is 22.3 Å². The standard InChI is InChI=1S/C14H12F2O3S2/c1-21(18,19)11-4-2-10(3-5-11)20-14-12(15)6-9(8-17)7-13(14)16/h2-7,17H,8H2,1H3. The maximum Gasteiger partial charge on any atom is 0.175 e. The van der Waals surface area contributed by atoms with E-state index in [0.717, 1.165) is 30.2 Å². The average molecular weight is 330 g/mol. The van der Waals surface area contributed by atoms with Crippen LogP contribution in [0.2, 0.25) is 0 Å². The first-order chi connectivity index (χ1) is 9.81. The molecule has 0 spiro atoms. The third-order valence-electron chi connectivity index (χ3n) is 2.71. The van der Waals surface area contributed by atoms with E-state index in [1.165, 1.54) is 24.3 Å². The first kappa shape index (κ1) is 15.9. The minimum Gasteiger partial charge on any atom is -0.392 e. The second-order valence-corrected chi connectivity index (χ2v) is 7.49. The molecule has 0 heterocycles. The fourth-order valence-electron chi connectivity index (χ4n) is 1.67. The molecule has 0 aliphatic rings. The van der Waals surface area contributed by atoms with Gasteiger partial charge in [-0.05, 0) is 42.0 Å². The fraction of sp³-hybridized carbons (Fsp3) is 0.143. The number of halogens is 2. The molecule has 0 aliphatic heterocycles. The zero-order valence-electron chi connectivity index (χ0n) is 11.0. The second kappa shape index (κ2) is 6.13. The number of rotatable bonds is 4. The molecule has 7 heteroatoms. The van der Waals surface area contributed by atoms with Gasteiger partial charge in [0.15, 0.2) is 9.84 Å². The summed E-state index contributed by atoms with van der Waals surface area (Å²) in [5.41, 5.74) is 0.154. The molecule has 1 N–H and O–H groups in total. The van der Waals surface area contributed by atoms with Crippen LogP contribution in [0.15, 0.2) is 51.1 Å². The van der Waals surface area contributed by atoms with E-state index < -0.39 is 28.1 Å². The van der Waals surface area contributed by atoms with Gasteiger partial charge in [0.05, 0.1) is 16.4 Å². The van der Waals surface area contributed by atoms with Gasteiger partial charge in [-0.25, -0.2) is 17.2 Å². The normalized spacial score (nSPS) is 11.6. The summed E-state index contributed by atoms with van der Waals surface area (Å²) in [7, 11) is -3.30. The Bertz CT molecular complexity index is 733. The van der Waals surface area contributed by atoms with E-state index in [0.29, 0.717) is 4.90 Å². The van der Waals surface area contributed by atoms with E-state index in [9.17, 15) is 17.2 Å². The van der Waals surface area contributed by atoms with Gasteiger partial charge in [0.1, 0.15) is 11.6 Å². The third kappa shape index (κ3) is 3.81. The van der Waals surface area contributed by atoms with Gasteiger partial charge in [0.25, 0.3) is 0 Å². The molecule has 2 aromatic carbocycles. The molecular weight excluding hydrogens is 318 g/mol. The number of aliphatic hydroxyl groups is 1. The molecular formula is C14H12F2O3S2. The molecule has 3 nitrogen and oxygen atoms in total. The average Bonchev–Trinajstić information content (AvgIpc) is 2.42. The quantitative estimate of drug-likeness (QED) is 0.936. The van der Waals surface area contributed by atoms with Crippen molar-refractivity contribution in [1.82, 2.24) is 0 Å². The lowest BCUT2D eigenvalue weighted by molar-refractivity contribution is 0.280. The second-order valence-electron chi connectivity index (χ2n) is 4.39. The molecule has 0 atom stereocenters. The van der Waals surface area contributed by atoms with Gasteiger partial charge in [-0.2, -0.15) is 0 Å². The van der Waals surface area contributed by atoms with Crippen molar-refractivity contribution in [2.75, 3.05) is 6.26 Å². The van der Waals surface area contributed by atoms with Crippen molar-refractivity contribution in [3.8, 4) is 0 Å². The summed E-state index contributed by atoms with van der Waals surface area (Å²) >= 11 is 0.853. The van der Waals surface area contributed by atoms with Crippen molar-refractivity contribution in [2.45, 2.75) is 21.3 Å². The van der Waals surface area contributed by atoms with E-state index in [4.69, 9.17) is 5.11 Å². The minimum atomic E-state index is -3.30. The van der Waals surface area contributed by atoms with Crippen LogP contribution in [0, 0.1) is 11.6 Å². The Hall–Kier alpha value is -1.44. The summed E-state index contributed by atoms with van der Waals surface area (Å²) < 4.78 is 50.2. The molecule has 0 fully saturated rings. The van der Waals surface area contributed by atoms with E-state index >= 15 is 0 Å². The van der Waals surface area contributed by atoms with Crippen LogP contribution in [0.4, 0.5) is 8.78 Å². The lowest BCUT2D eigenvalue weighted by Gasteiger charge is -2.07. The zero-order valence-corrected chi connectivity index (χ0v) is 12.6. The van der Waals surface area contributed by atoms with Gasteiger partial charge in [-0.3, -0.25) is 0 Å². The van der Waals surface area contributed by atoms with Crippen molar-refractivity contribution in [2.24, 2.45) is 0 Å². The first-order valence-electron chi connectivity index (χ1n) is 5.88. The molecule has 0 saturated heterocycles. The molecule has 112 valence electrons. The molecule has 0 amide bonds. The smallest absolute Gasteiger partial charge is 0.175 e. The Labute approximate surface area is 125 Å². The predicted octanol–water partition coefficient (Wildman–Crippen LogP) is 3.01. The van der Waals surface area contributed by atoms with Gasteiger partial charge >= 0.3 is 0 Å². The van der Waals surface area contributed by atoms with Gasteiger partial charge in [-0.1, -0.05) is 11.8 Å². The highest BCUT2D eigenvalue weighted by Gasteiger charge is 2.13. The lowest BCUT2D eigenvalue weighted by Crippen LogP contribution is -1.96. The Morgan fingerprint density at radius 1 is 1.10 bits per heavy atom. The van der Waals surface area contributed by atoms with Gasteiger partial charge in [0.2, 0.25) is 0 Å². The van der Waals surface area contributed by atoms with Crippen LogP contribution in [0.1, 0.15) is 5.56 Å². The van der Waals surface area contributed by atoms with E-state index in [1.807, 2.05) is 0 Å². The first-order valence-corrected chi connectivity index (χ1v) is 8.59. The molecule has 0 saturated carbocycles. The minimum absolute atomic E-state index is 0.142. The van der Waals surface area contributed by atoms with Gasteiger partial charge in [0, 0.05) is 11.2 Å². The number of hydrogen-bond acceptors (Lipinski definition) is 4. The number of benzene rings is 2. The maximum absolute atomic E-state index is 13.8. The van der Waals surface area contributed by atoms with E-state index in [-0.39, 0.29) is 15.4 Å². The molecule has 2 rings (SSSR count). The topological polar surface area (TPSA) is 54.4 Å². The Morgan fingerprint density at radius 2 is 1.62 bits per heavy atom. The summed E-state index contributed by atoms with van der Waals surface area (Å²) in [6.45, 7) is -0.443. The summed E-state index contributed by atoms with van der Waals surface area (Å²) in [5.74, 6) is -1.53. The highest BCUT2D eigenvalue weighted by molar-refractivity contribution is 7.99. The van der Waals surface area contributed by atoms with Crippen LogP contribution in [0.3, 0.4) is 0 Å². The maximum atomic E-state index is 13.8. The van der Waals surface area contributed by atoms with Crippen LogP contribution in [0.25, 0.3) is 0 Å². The summed E-state index contributed by atoms with van der Waals surface area (Å²) in [6, 6.07) is 7.87. The van der Waals surface area contributed by atoms with Gasteiger partial charge < -0.3 is 5.11 Å². The zero-order chi connectivity index (χ0) is 15.6. The highest BCUT2D eigenvalue weighted by atomic mass is 32.2. The largest absolute Gasteiger partial charge is 0.392 e. The molecule has 0 aromatic heterocycles. The Morgan fingerprint density at radius 3 is 2.05 bits per heavy atom. The van der Waals surface area contributed by atoms with Crippen molar-refractivity contribution in [1.29, 1.82) is 0 Å². The molecule has 2 aromatic rings. The van der Waals surface area contributed by atoms with Crippen molar-refractivity contribution >= 4 is 21.6 Å². The Balaban J connectivity index is 2.31. The molecule has 0 radical (unpaired) electrons. The molecule has 0 aliphatic carbocycles. The number of aliphatic hydroxyl groups excluding tert-OH is 1. The Kier molecular flexibility index (Phi) is 4.65. The van der Waals surface area contributed by atoms with E-state index in [2.05, 4.69) is 0 Å². The summed E-state index contributed by atoms with van der Waals surface area (Å²) in [6.07, 6.45) is 1.09. The molecule has 0 unspecified atom stereocenters. The lowest BCUT2D eigenvalue weighted by atomic mass is 10.2. The van der Waals surface area contributed by atoms with Crippen LogP contribution < -0.4 is 0 Å². The van der Waals surface area contributed by atoms with Crippen LogP contribution in [-0.2, 0) is 16.4 Å². The van der Waals surface area contributed by atoms with Crippen molar-refractivity contribution in [3.05, 3.63) is 53.6 Å². The monoisotopic (exact) mass is 330 g/mol. The summed E-state index contributed by atoms with van der Waals surface area (Å²) in [4.78, 5) is 0.458. The highest BCUT2D eigenvalue weighted by Crippen LogP contribution is 2.33. The van der Waals surface area contributed by atoms with Gasteiger partial charge in [-0.15, -0.1) is 0 Å². The van der Waals surface area contributed by atoms with Crippen LogP contribution in [0.5, 0.6) is 0 Å². The number of sulfone groups is 1. The number of hydrogen-bond donors (Lipinski definition) is 1. The van der Waals surface area contributed by atoms with Crippen molar-refractivity contribution in [3.63, 3.8) is 0 Å². The van der Waals surface area contributed by atoms with Crippen LogP contribution >= 0.6 is 11.8 Å². The molecule has 21 heavy (non-hydrogen) atoms. The van der Waals surface area contributed by atoms with Crippen LogP contribution in [-0.4, -0.2) is 19.8 Å². The predicted molar refractivity (Wildman–Crippen MR) is 76.0 cm³/mol.